The van der Waals surface area contributed by atoms with Crippen molar-refractivity contribution in [3.8, 4) is 11.3 Å². The number of nitrogens with one attached hydrogen (secondary N) is 2. The number of pyridine rings is 1. The van der Waals surface area contributed by atoms with Crippen molar-refractivity contribution in [3.05, 3.63) is 77.7 Å². The van der Waals surface area contributed by atoms with Crippen LogP contribution >= 0.6 is 0 Å². The number of fused-ring (bicyclic) bond motifs is 1. The van der Waals surface area contributed by atoms with E-state index in [0.29, 0.717) is 34.4 Å². The number of hydrogen-bond donors (Lipinski definition) is 2. The number of nitrogens with zero attached hydrogens (tertiary/aromatic N) is 2. The molecule has 0 fully saturated rings. The summed E-state index contributed by atoms with van der Waals surface area (Å²) in [6, 6.07) is 17.5. The number of aryl methyl sites for hydroxylation is 1. The third kappa shape index (κ3) is 4.30. The highest BCUT2D eigenvalue weighted by Crippen LogP contribution is 2.27. The second-order valence-electron chi connectivity index (χ2n) is 6.91. The molecule has 2 aromatic carbocycles. The first-order valence-corrected chi connectivity index (χ1v) is 9.72. The lowest BCUT2D eigenvalue weighted by molar-refractivity contribution is 0.0955. The molecule has 0 unspecified atom stereocenters. The lowest BCUT2D eigenvalue weighted by Gasteiger charge is -2.09. The topological polar surface area (TPSA) is 80.0 Å². The third-order valence-electron chi connectivity index (χ3n) is 4.74. The van der Waals surface area contributed by atoms with E-state index in [0.717, 1.165) is 18.7 Å². The van der Waals surface area contributed by atoms with Crippen molar-refractivity contribution in [1.29, 1.82) is 0 Å². The summed E-state index contributed by atoms with van der Waals surface area (Å²) in [5.41, 5.74) is 3.57. The molecular weight excluding hydrogens is 383 g/mol. The van der Waals surface area contributed by atoms with Gasteiger partial charge in [-0.05, 0) is 55.8 Å². The van der Waals surface area contributed by atoms with Crippen LogP contribution in [-0.4, -0.2) is 29.1 Å². The summed E-state index contributed by atoms with van der Waals surface area (Å²) in [4.78, 5) is 17.3. The molecule has 0 spiro atoms. The number of anilines is 1. The average molecular weight is 404 g/mol. The molecule has 0 aliphatic rings. The zero-order valence-electron chi connectivity index (χ0n) is 16.5. The van der Waals surface area contributed by atoms with Gasteiger partial charge in [0.15, 0.2) is 0 Å². The summed E-state index contributed by atoms with van der Waals surface area (Å²) in [7, 11) is 0. The van der Waals surface area contributed by atoms with Gasteiger partial charge in [0, 0.05) is 24.3 Å². The third-order valence-corrected chi connectivity index (χ3v) is 4.74. The van der Waals surface area contributed by atoms with Gasteiger partial charge < -0.3 is 15.2 Å². The maximum absolute atomic E-state index is 13.3. The zero-order valence-corrected chi connectivity index (χ0v) is 16.5. The fourth-order valence-electron chi connectivity index (χ4n) is 3.22. The van der Waals surface area contributed by atoms with Crippen LogP contribution in [0.5, 0.6) is 0 Å². The van der Waals surface area contributed by atoms with Crippen molar-refractivity contribution >= 4 is 22.7 Å². The smallest absolute Gasteiger partial charge is 0.259 e. The van der Waals surface area contributed by atoms with Crippen LogP contribution in [0.25, 0.3) is 22.4 Å². The van der Waals surface area contributed by atoms with Gasteiger partial charge in [0.2, 0.25) is 0 Å². The molecule has 30 heavy (non-hydrogen) atoms. The SMILES string of the molecule is Cc1noc2nc(-c3ccc(F)cc3)cc(C(=O)NCCCNc3ccccc3)c12. The molecule has 2 heterocycles. The van der Waals surface area contributed by atoms with Crippen LogP contribution in [0.1, 0.15) is 22.5 Å². The number of carbonyl (C=O) groups excluding carboxylic acids is 1. The monoisotopic (exact) mass is 404 g/mol. The Morgan fingerprint density at radius 3 is 2.60 bits per heavy atom. The highest BCUT2D eigenvalue weighted by atomic mass is 19.1. The van der Waals surface area contributed by atoms with Crippen LogP contribution in [0, 0.1) is 12.7 Å². The van der Waals surface area contributed by atoms with E-state index in [2.05, 4.69) is 20.8 Å². The molecular formula is C23H21FN4O2. The minimum atomic E-state index is -0.336. The van der Waals surface area contributed by atoms with E-state index in [1.54, 1.807) is 25.1 Å². The highest BCUT2D eigenvalue weighted by Gasteiger charge is 2.19. The summed E-state index contributed by atoms with van der Waals surface area (Å²) in [5, 5.41) is 10.8. The molecule has 0 saturated carbocycles. The van der Waals surface area contributed by atoms with Crippen molar-refractivity contribution in [3.63, 3.8) is 0 Å². The van der Waals surface area contributed by atoms with E-state index in [1.807, 2.05) is 30.3 Å². The van der Waals surface area contributed by atoms with Crippen LogP contribution in [0.3, 0.4) is 0 Å². The van der Waals surface area contributed by atoms with Crippen molar-refractivity contribution in [2.75, 3.05) is 18.4 Å². The van der Waals surface area contributed by atoms with Gasteiger partial charge in [-0.2, -0.15) is 0 Å². The fraction of sp³-hybridized carbons (Fsp3) is 0.174. The van der Waals surface area contributed by atoms with Crippen LogP contribution in [0.2, 0.25) is 0 Å². The second kappa shape index (κ2) is 8.73. The first-order chi connectivity index (χ1) is 14.6. The molecule has 152 valence electrons. The lowest BCUT2D eigenvalue weighted by Crippen LogP contribution is -2.26. The molecule has 0 aliphatic heterocycles. The summed E-state index contributed by atoms with van der Waals surface area (Å²) < 4.78 is 18.6. The normalized spacial score (nSPS) is 10.9. The molecule has 6 nitrogen and oxygen atoms in total. The number of aromatic nitrogens is 2. The Bertz CT molecular complexity index is 1160. The Hall–Kier alpha value is -3.74. The number of hydrogen-bond acceptors (Lipinski definition) is 5. The molecule has 0 atom stereocenters. The summed E-state index contributed by atoms with van der Waals surface area (Å²) >= 11 is 0. The molecule has 2 aromatic heterocycles. The van der Waals surface area contributed by atoms with E-state index in [4.69, 9.17) is 4.52 Å². The van der Waals surface area contributed by atoms with Gasteiger partial charge in [-0.3, -0.25) is 4.79 Å². The second-order valence-corrected chi connectivity index (χ2v) is 6.91. The maximum atomic E-state index is 13.3. The van der Waals surface area contributed by atoms with E-state index < -0.39 is 0 Å². The minimum Gasteiger partial charge on any atom is -0.385 e. The largest absolute Gasteiger partial charge is 0.385 e. The Morgan fingerprint density at radius 2 is 1.83 bits per heavy atom. The van der Waals surface area contributed by atoms with Crippen LogP contribution in [-0.2, 0) is 0 Å². The van der Waals surface area contributed by atoms with E-state index >= 15 is 0 Å². The summed E-state index contributed by atoms with van der Waals surface area (Å²) in [6.45, 7) is 3.02. The predicted octanol–water partition coefficient (Wildman–Crippen LogP) is 4.57. The number of rotatable bonds is 7. The molecule has 0 saturated heterocycles. The molecule has 0 radical (unpaired) electrons. The molecule has 4 aromatic rings. The number of carbonyl (C=O) groups is 1. The minimum absolute atomic E-state index is 0.225. The standard InChI is InChI=1S/C23H21FN4O2/c1-15-21-19(22(29)26-13-5-12-25-18-6-3-2-4-7-18)14-20(27-23(21)30-28-15)16-8-10-17(24)11-9-16/h2-4,6-11,14,25H,5,12-13H2,1H3,(H,26,29). The molecule has 0 aliphatic carbocycles. The molecule has 2 N–H and O–H groups in total. The predicted molar refractivity (Wildman–Crippen MR) is 114 cm³/mol. The molecule has 4 rings (SSSR count). The van der Waals surface area contributed by atoms with Gasteiger partial charge in [0.25, 0.3) is 11.6 Å². The van der Waals surface area contributed by atoms with E-state index in [9.17, 15) is 9.18 Å². The van der Waals surface area contributed by atoms with Crippen molar-refractivity contribution in [2.45, 2.75) is 13.3 Å². The number of amides is 1. The Morgan fingerprint density at radius 1 is 1.07 bits per heavy atom. The summed E-state index contributed by atoms with van der Waals surface area (Å²) in [5.74, 6) is -0.561. The Kier molecular flexibility index (Phi) is 5.70. The summed E-state index contributed by atoms with van der Waals surface area (Å²) in [6.07, 6.45) is 0.766. The first kappa shape index (κ1) is 19.6. The number of benzene rings is 2. The number of para-hydroxylation sites is 1. The van der Waals surface area contributed by atoms with E-state index in [-0.39, 0.29) is 17.4 Å². The number of halogens is 1. The van der Waals surface area contributed by atoms with Crippen molar-refractivity contribution in [1.82, 2.24) is 15.5 Å². The highest BCUT2D eigenvalue weighted by molar-refractivity contribution is 6.06. The molecule has 1 amide bonds. The Balaban J connectivity index is 1.48. The van der Waals surface area contributed by atoms with Crippen LogP contribution in [0.4, 0.5) is 10.1 Å². The first-order valence-electron chi connectivity index (χ1n) is 9.72. The van der Waals surface area contributed by atoms with Gasteiger partial charge in [-0.25, -0.2) is 9.37 Å². The zero-order chi connectivity index (χ0) is 20.9. The van der Waals surface area contributed by atoms with Crippen molar-refractivity contribution in [2.24, 2.45) is 0 Å². The molecule has 0 bridgehead atoms. The average Bonchev–Trinajstić information content (AvgIpc) is 3.15. The van der Waals surface area contributed by atoms with Gasteiger partial charge in [0.05, 0.1) is 22.3 Å². The quantitative estimate of drug-likeness (QED) is 0.441. The molecule has 7 heteroatoms. The maximum Gasteiger partial charge on any atom is 0.259 e. The van der Waals surface area contributed by atoms with Crippen LogP contribution in [0.15, 0.2) is 65.2 Å². The van der Waals surface area contributed by atoms with Gasteiger partial charge in [-0.1, -0.05) is 23.4 Å². The van der Waals surface area contributed by atoms with Gasteiger partial charge >= 0.3 is 0 Å². The van der Waals surface area contributed by atoms with Gasteiger partial charge in [0.1, 0.15) is 5.82 Å². The van der Waals surface area contributed by atoms with E-state index in [1.165, 1.54) is 12.1 Å². The lowest BCUT2D eigenvalue weighted by atomic mass is 10.0. The van der Waals surface area contributed by atoms with Gasteiger partial charge in [-0.15, -0.1) is 0 Å². The van der Waals surface area contributed by atoms with Crippen LogP contribution < -0.4 is 10.6 Å². The fourth-order valence-corrected chi connectivity index (χ4v) is 3.22. The van der Waals surface area contributed by atoms with Crippen molar-refractivity contribution < 1.29 is 13.7 Å². The Labute approximate surface area is 173 Å².